The monoisotopic (exact) mass is 788 g/mol. The van der Waals surface area contributed by atoms with Crippen molar-refractivity contribution in [3.8, 4) is 0 Å². The van der Waals surface area contributed by atoms with Crippen molar-refractivity contribution in [1.29, 1.82) is 0 Å². The lowest BCUT2D eigenvalue weighted by Gasteiger charge is -2.25. The Bertz CT molecular complexity index is 1500. The topological polar surface area (TPSA) is 417 Å². The van der Waals surface area contributed by atoms with Crippen LogP contribution in [0.15, 0.2) is 55.8 Å². The second-order valence-corrected chi connectivity index (χ2v) is 12.6. The molecular weight excluding hydrogens is 740 g/mol. The van der Waals surface area contributed by atoms with E-state index in [9.17, 15) is 31.2 Å². The van der Waals surface area contributed by atoms with Crippen LogP contribution in [0.1, 0.15) is 18.4 Å². The summed E-state index contributed by atoms with van der Waals surface area (Å²) in [6.45, 7) is 6.37. The first-order valence-corrected chi connectivity index (χ1v) is 17.6. The maximum atomic E-state index is 10.4. The third kappa shape index (κ3) is 41.5. The summed E-state index contributed by atoms with van der Waals surface area (Å²) in [4.78, 5) is 51.0. The van der Waals surface area contributed by atoms with Crippen LogP contribution in [0, 0.1) is 6.92 Å². The number of carboxylic acids is 3. The van der Waals surface area contributed by atoms with Crippen molar-refractivity contribution in [2.75, 3.05) is 44.4 Å². The molecular formula is C26H48N10O14S2. The summed E-state index contributed by atoms with van der Waals surface area (Å²) in [5.41, 5.74) is 6.00. The number of rotatable bonds is 10. The highest BCUT2D eigenvalue weighted by Crippen LogP contribution is 1.97. The number of carbonyl (C=O) groups is 3. The van der Waals surface area contributed by atoms with Crippen molar-refractivity contribution in [3.63, 3.8) is 0 Å². The number of hydrazine groups is 1. The maximum Gasteiger partial charge on any atom is 0.328 e. The molecule has 1 saturated heterocycles. The minimum absolute atomic E-state index is 0.188. The Morgan fingerprint density at radius 2 is 1.52 bits per heavy atom. The zero-order valence-electron chi connectivity index (χ0n) is 28.3. The molecule has 0 aromatic carbocycles. The van der Waals surface area contributed by atoms with Crippen LogP contribution in [0.2, 0.25) is 0 Å². The minimum atomic E-state index is -3.97. The van der Waals surface area contributed by atoms with Crippen molar-refractivity contribution in [3.05, 3.63) is 67.3 Å². The number of hydrogen-bond acceptors (Lipinski definition) is 16. The summed E-state index contributed by atoms with van der Waals surface area (Å²) in [7, 11) is -7.78. The van der Waals surface area contributed by atoms with Gasteiger partial charge >= 0.3 is 17.9 Å². The van der Waals surface area contributed by atoms with Crippen LogP contribution >= 0.6 is 0 Å². The molecule has 3 aromatic heterocycles. The summed E-state index contributed by atoms with van der Waals surface area (Å²) in [5.74, 6) is 4.68. The van der Waals surface area contributed by atoms with Crippen molar-refractivity contribution < 1.29 is 65.5 Å². The minimum Gasteiger partial charge on any atom is -0.480 e. The number of morpholine rings is 1. The fraction of sp³-hybridized carbons (Fsp3) is 0.462. The van der Waals surface area contributed by atoms with E-state index in [1.165, 1.54) is 13.3 Å². The molecule has 4 rings (SSSR count). The third-order valence-electron chi connectivity index (χ3n) is 4.94. The number of aliphatic hydroxyl groups is 1. The van der Waals surface area contributed by atoms with E-state index < -0.39 is 56.0 Å². The van der Waals surface area contributed by atoms with Crippen molar-refractivity contribution >= 4 is 38.1 Å². The average Bonchev–Trinajstić information content (AvgIpc) is 3.87. The Morgan fingerprint density at radius 1 is 0.942 bits per heavy atom. The number of nitrogens with one attached hydrogen (secondary N) is 3. The zero-order chi connectivity index (χ0) is 40.6. The number of hydrogen-bond donors (Lipinski definition) is 12. The van der Waals surface area contributed by atoms with Crippen molar-refractivity contribution in [2.24, 2.45) is 17.4 Å². The molecule has 0 aliphatic carbocycles. The summed E-state index contributed by atoms with van der Waals surface area (Å²) in [6.07, 6.45) is 12.1. The molecule has 1 fully saturated rings. The van der Waals surface area contributed by atoms with Crippen LogP contribution in [-0.4, -0.2) is 156 Å². The number of aryl methyl sites for hydroxylation is 1. The second-order valence-electron chi connectivity index (χ2n) is 9.51. The van der Waals surface area contributed by atoms with Gasteiger partial charge in [0.05, 0.1) is 37.7 Å². The molecule has 52 heavy (non-hydrogen) atoms. The van der Waals surface area contributed by atoms with E-state index in [0.717, 1.165) is 24.6 Å². The number of aliphatic hydroxyl groups excluding tert-OH is 1. The number of aliphatic carboxylic acids is 3. The Kier molecular flexibility index (Phi) is 31.0. The van der Waals surface area contributed by atoms with Crippen molar-refractivity contribution in [2.45, 2.75) is 32.4 Å². The number of ether oxygens (including phenoxy) is 1. The van der Waals surface area contributed by atoms with Gasteiger partial charge in [-0.2, -0.15) is 16.8 Å². The van der Waals surface area contributed by atoms with E-state index in [2.05, 4.69) is 41.6 Å². The summed E-state index contributed by atoms with van der Waals surface area (Å²) in [6, 6.07) is -0.851. The highest BCUT2D eigenvalue weighted by molar-refractivity contribution is 7.86. The van der Waals surface area contributed by atoms with Gasteiger partial charge < -0.3 is 45.8 Å². The molecule has 2 atom stereocenters. The lowest BCUT2D eigenvalue weighted by Crippen LogP contribution is -2.38. The largest absolute Gasteiger partial charge is 0.480 e. The van der Waals surface area contributed by atoms with Crippen LogP contribution in [-0.2, 0) is 45.8 Å². The smallest absolute Gasteiger partial charge is 0.328 e. The Balaban J connectivity index is -0.000000560. The van der Waals surface area contributed by atoms with Crippen LogP contribution < -0.4 is 17.4 Å². The number of carboxylic acid groups (broad SMARTS) is 3. The molecule has 26 heteroatoms. The van der Waals surface area contributed by atoms with Gasteiger partial charge in [0.1, 0.15) is 17.6 Å². The highest BCUT2D eigenvalue weighted by atomic mass is 32.2. The lowest BCUT2D eigenvalue weighted by atomic mass is 10.2. The lowest BCUT2D eigenvalue weighted by molar-refractivity contribution is -0.138. The van der Waals surface area contributed by atoms with E-state index in [4.69, 9.17) is 40.0 Å². The third-order valence-corrected chi connectivity index (χ3v) is 6.54. The molecule has 0 spiro atoms. The standard InChI is InChI=1S/C6H9N3O2.C6H13NO4S.C4H6N2.C4H4O4.C3H4N2.C3H8O4S.H4N2/c7-5(6(10)11)1-4-2-8-3-9-4;8-12(9,10)6-3-7-1-4-11-5-2-7;1-4-5-2-3-6-4;5-3(6)1-2-4(7)8;1-2-5-3-4-1;1-3(4)2-8(5,6)7;1-2/h2-3,5H,1,7H2,(H,8,9)(H,10,11);1-6H2,(H,8,9,10);2-3H,1H3,(H,5,6);1-2H,(H,5,6)(H,7,8);1-3H,(H,4,5);3-4H,2H2,1H3,(H,5,6,7);1-2H2/b;;;2-1-;;;/t5-;;;;;;/m0....../s1. The van der Waals surface area contributed by atoms with Crippen LogP contribution in [0.4, 0.5) is 0 Å². The Morgan fingerprint density at radius 3 is 1.79 bits per heavy atom. The number of H-pyrrole nitrogens is 3. The molecule has 1 aliphatic rings. The number of nitrogens with two attached hydrogens (primary N) is 3. The first-order chi connectivity index (χ1) is 24.2. The number of imidazole rings is 3. The molecule has 0 saturated carbocycles. The van der Waals surface area contributed by atoms with Crippen LogP contribution in [0.25, 0.3) is 0 Å². The predicted molar refractivity (Wildman–Crippen MR) is 184 cm³/mol. The summed E-state index contributed by atoms with van der Waals surface area (Å²) < 4.78 is 62.0. The van der Waals surface area contributed by atoms with Gasteiger partial charge in [0.25, 0.3) is 20.2 Å². The molecule has 0 bridgehead atoms. The Hall–Kier alpha value is -4.64. The first kappa shape index (κ1) is 51.7. The molecule has 1 unspecified atom stereocenters. The van der Waals surface area contributed by atoms with Crippen LogP contribution in [0.5, 0.6) is 0 Å². The summed E-state index contributed by atoms with van der Waals surface area (Å²) in [5, 5.41) is 32.4. The van der Waals surface area contributed by atoms with Gasteiger partial charge in [0, 0.05) is 74.9 Å². The predicted octanol–water partition coefficient (Wildman–Crippen LogP) is -2.52. The molecule has 24 nitrogen and oxygen atoms in total. The van der Waals surface area contributed by atoms with Gasteiger partial charge in [0.2, 0.25) is 0 Å². The molecule has 4 heterocycles. The van der Waals surface area contributed by atoms with Gasteiger partial charge in [-0.15, -0.1) is 0 Å². The fourth-order valence-electron chi connectivity index (χ4n) is 2.80. The number of aromatic amines is 3. The molecule has 0 radical (unpaired) electrons. The van der Waals surface area contributed by atoms with E-state index in [1.807, 2.05) is 11.8 Å². The van der Waals surface area contributed by atoms with Gasteiger partial charge in [-0.05, 0) is 13.8 Å². The number of nitrogens with zero attached hydrogens (tertiary/aromatic N) is 4. The molecule has 3 aromatic rings. The fourth-order valence-corrected chi connectivity index (χ4v) is 3.90. The molecule has 0 amide bonds. The first-order valence-electron chi connectivity index (χ1n) is 14.4. The number of aromatic nitrogens is 6. The quantitative estimate of drug-likeness (QED) is 0.0436. The second kappa shape index (κ2) is 31.1. The van der Waals surface area contributed by atoms with E-state index in [1.54, 1.807) is 37.3 Å². The molecule has 298 valence electrons. The zero-order valence-corrected chi connectivity index (χ0v) is 29.9. The molecule has 15 N–H and O–H groups in total. The van der Waals surface area contributed by atoms with Crippen molar-refractivity contribution in [1.82, 2.24) is 34.8 Å². The van der Waals surface area contributed by atoms with Gasteiger partial charge in [-0.1, -0.05) is 0 Å². The van der Waals surface area contributed by atoms with E-state index in [-0.39, 0.29) is 12.2 Å². The van der Waals surface area contributed by atoms with E-state index >= 15 is 0 Å². The van der Waals surface area contributed by atoms with E-state index in [0.29, 0.717) is 31.9 Å². The highest BCUT2D eigenvalue weighted by Gasteiger charge is 2.13. The average molecular weight is 789 g/mol. The SMILES string of the molecule is CC(O)CS(=O)(=O)O.Cc1ncc[nH]1.NN.N[C@@H](Cc1cnc[nH]1)C(=O)O.O=C(O)/C=C\C(=O)O.O=S(=O)(O)CCN1CCOCC1.c1c[nH]cn1. The normalized spacial score (nSPS) is 13.4. The van der Waals surface area contributed by atoms with Crippen LogP contribution in [0.3, 0.4) is 0 Å². The Labute approximate surface area is 299 Å². The molecule has 1 aliphatic heterocycles. The van der Waals surface area contributed by atoms with Gasteiger partial charge in [0.15, 0.2) is 0 Å². The van der Waals surface area contributed by atoms with Gasteiger partial charge in [-0.25, -0.2) is 24.5 Å². The summed E-state index contributed by atoms with van der Waals surface area (Å²) >= 11 is 0. The van der Waals surface area contributed by atoms with Gasteiger partial charge in [-0.3, -0.25) is 30.5 Å². The maximum absolute atomic E-state index is 10.4.